The molecule has 2 aromatic rings. The lowest BCUT2D eigenvalue weighted by Crippen LogP contribution is -2.80. The first kappa shape index (κ1) is 25.7. The number of nitrogens with one attached hydrogen (secondary N) is 1. The van der Waals surface area contributed by atoms with E-state index in [1.807, 2.05) is 43.3 Å². The number of hydrogen-bond donors (Lipinski definition) is 2. The van der Waals surface area contributed by atoms with Gasteiger partial charge in [-0.2, -0.15) is 8.42 Å². The number of hydrogen-bond acceptors (Lipinski definition) is 8. The SMILES string of the molecule is CN(C)c1cccc2c(S(=O)(=O)OCC[C@H]3C(=O)N[C@@]4([C@@H](O)[C@@H]5C=CCCC5)C(=O)O[C@@]34C)cccc12. The number of benzene rings is 2. The molecule has 9 nitrogen and oxygen atoms in total. The average Bonchev–Trinajstić information content (AvgIpc) is 3.05. The zero-order valence-electron chi connectivity index (χ0n) is 21.1. The first-order valence-electron chi connectivity index (χ1n) is 12.5. The molecule has 0 bridgehead atoms. The highest BCUT2D eigenvalue weighted by atomic mass is 32.2. The minimum atomic E-state index is -4.15. The largest absolute Gasteiger partial charge is 0.453 e. The Balaban J connectivity index is 1.35. The monoisotopic (exact) mass is 528 g/mol. The molecule has 1 amide bonds. The molecule has 3 aliphatic rings. The van der Waals surface area contributed by atoms with E-state index in [4.69, 9.17) is 8.92 Å². The summed E-state index contributed by atoms with van der Waals surface area (Å²) in [7, 11) is -0.380. The number of allylic oxidation sites excluding steroid dienone is 1. The summed E-state index contributed by atoms with van der Waals surface area (Å²) in [4.78, 5) is 27.6. The molecule has 0 unspecified atom stereocenters. The third-order valence-electron chi connectivity index (χ3n) is 8.11. The van der Waals surface area contributed by atoms with Crippen LogP contribution in [0.25, 0.3) is 10.8 Å². The third kappa shape index (κ3) is 3.84. The van der Waals surface area contributed by atoms with Gasteiger partial charge in [-0.3, -0.25) is 8.98 Å². The molecule has 0 aromatic heterocycles. The Bertz CT molecular complexity index is 1390. The Morgan fingerprint density at radius 2 is 1.92 bits per heavy atom. The summed E-state index contributed by atoms with van der Waals surface area (Å²) in [5.74, 6) is -2.28. The summed E-state index contributed by atoms with van der Waals surface area (Å²) >= 11 is 0. The Hall–Kier alpha value is -2.95. The average molecular weight is 529 g/mol. The van der Waals surface area contributed by atoms with Crippen molar-refractivity contribution < 1.29 is 32.0 Å². The molecule has 5 rings (SSSR count). The molecule has 0 radical (unpaired) electrons. The first-order chi connectivity index (χ1) is 17.5. The van der Waals surface area contributed by atoms with Crippen molar-refractivity contribution in [3.8, 4) is 0 Å². The van der Waals surface area contributed by atoms with Crippen LogP contribution in [-0.4, -0.2) is 63.3 Å². The van der Waals surface area contributed by atoms with Crippen molar-refractivity contribution in [2.24, 2.45) is 11.8 Å². The van der Waals surface area contributed by atoms with Crippen LogP contribution < -0.4 is 10.2 Å². The van der Waals surface area contributed by atoms with Crippen molar-refractivity contribution in [3.63, 3.8) is 0 Å². The van der Waals surface area contributed by atoms with Crippen LogP contribution in [0.3, 0.4) is 0 Å². The summed E-state index contributed by atoms with van der Waals surface area (Å²) in [6.45, 7) is 1.33. The Morgan fingerprint density at radius 3 is 2.59 bits per heavy atom. The maximum absolute atomic E-state index is 13.2. The smallest absolute Gasteiger partial charge is 0.339 e. The van der Waals surface area contributed by atoms with Gasteiger partial charge in [-0.1, -0.05) is 36.4 Å². The molecule has 10 heteroatoms. The number of carbonyl (C=O) groups excluding carboxylic acids is 2. The van der Waals surface area contributed by atoms with Crippen LogP contribution in [0, 0.1) is 11.8 Å². The second-order valence-corrected chi connectivity index (χ2v) is 12.0. The van der Waals surface area contributed by atoms with Gasteiger partial charge in [0.25, 0.3) is 10.1 Å². The zero-order valence-corrected chi connectivity index (χ0v) is 22.0. The number of aliphatic hydroxyl groups excluding tert-OH is 1. The number of esters is 1. The molecule has 2 N–H and O–H groups in total. The van der Waals surface area contributed by atoms with Crippen LogP contribution in [0.5, 0.6) is 0 Å². The second-order valence-electron chi connectivity index (χ2n) is 10.4. The zero-order chi connectivity index (χ0) is 26.6. The van der Waals surface area contributed by atoms with Gasteiger partial charge in [0.1, 0.15) is 4.90 Å². The van der Waals surface area contributed by atoms with Crippen molar-refractivity contribution in [1.82, 2.24) is 5.32 Å². The van der Waals surface area contributed by atoms with Crippen LogP contribution in [0.15, 0.2) is 53.4 Å². The van der Waals surface area contributed by atoms with Gasteiger partial charge in [0, 0.05) is 36.5 Å². The molecule has 2 aromatic carbocycles. The maximum Gasteiger partial charge on any atom is 0.339 e. The first-order valence-corrected chi connectivity index (χ1v) is 13.9. The number of ether oxygens (including phenoxy) is 1. The maximum atomic E-state index is 13.2. The van der Waals surface area contributed by atoms with Crippen molar-refractivity contribution in [1.29, 1.82) is 0 Å². The lowest BCUT2D eigenvalue weighted by molar-refractivity contribution is -0.238. The van der Waals surface area contributed by atoms with Crippen molar-refractivity contribution in [2.45, 2.75) is 54.7 Å². The van der Waals surface area contributed by atoms with E-state index in [1.165, 1.54) is 6.07 Å². The highest BCUT2D eigenvalue weighted by molar-refractivity contribution is 7.87. The van der Waals surface area contributed by atoms with Gasteiger partial charge in [-0.15, -0.1) is 0 Å². The number of fused-ring (bicyclic) bond motifs is 2. The summed E-state index contributed by atoms with van der Waals surface area (Å²) in [6.07, 6.45) is 5.20. The highest BCUT2D eigenvalue weighted by Crippen LogP contribution is 2.53. The molecule has 2 heterocycles. The van der Waals surface area contributed by atoms with E-state index in [9.17, 15) is 23.1 Å². The van der Waals surface area contributed by atoms with E-state index in [-0.39, 0.29) is 23.8 Å². The van der Waals surface area contributed by atoms with E-state index in [0.29, 0.717) is 11.8 Å². The molecular formula is C27H32N2O7S. The fraction of sp³-hybridized carbons (Fsp3) is 0.481. The number of amides is 1. The second kappa shape index (κ2) is 9.11. The predicted octanol–water partition coefficient (Wildman–Crippen LogP) is 2.52. The van der Waals surface area contributed by atoms with Gasteiger partial charge in [-0.25, -0.2) is 4.79 Å². The number of rotatable bonds is 8. The number of anilines is 1. The number of aliphatic hydroxyl groups is 1. The lowest BCUT2D eigenvalue weighted by Gasteiger charge is -2.54. The van der Waals surface area contributed by atoms with Gasteiger partial charge in [0.05, 0.1) is 18.6 Å². The van der Waals surface area contributed by atoms with E-state index in [1.54, 1.807) is 25.1 Å². The van der Waals surface area contributed by atoms with Gasteiger partial charge in [-0.05, 0) is 44.7 Å². The van der Waals surface area contributed by atoms with Gasteiger partial charge >= 0.3 is 5.97 Å². The topological polar surface area (TPSA) is 122 Å². The molecule has 2 aliphatic heterocycles. The molecule has 198 valence electrons. The van der Waals surface area contributed by atoms with Crippen molar-refractivity contribution in [2.75, 3.05) is 25.6 Å². The summed E-state index contributed by atoms with van der Waals surface area (Å²) in [6, 6.07) is 10.4. The van der Waals surface area contributed by atoms with Crippen molar-refractivity contribution in [3.05, 3.63) is 48.6 Å². The fourth-order valence-corrected chi connectivity index (χ4v) is 7.23. The molecule has 37 heavy (non-hydrogen) atoms. The Morgan fingerprint density at radius 1 is 1.19 bits per heavy atom. The fourth-order valence-electron chi connectivity index (χ4n) is 6.09. The highest BCUT2D eigenvalue weighted by Gasteiger charge is 2.79. The van der Waals surface area contributed by atoms with E-state index >= 15 is 0 Å². The molecule has 2 saturated heterocycles. The van der Waals surface area contributed by atoms with Crippen LogP contribution >= 0.6 is 0 Å². The van der Waals surface area contributed by atoms with Gasteiger partial charge < -0.3 is 20.1 Å². The minimum absolute atomic E-state index is 0.00245. The molecule has 5 atom stereocenters. The molecule has 2 fully saturated rings. The van der Waals surface area contributed by atoms with Crippen LogP contribution in [0.4, 0.5) is 5.69 Å². The number of carbonyl (C=O) groups is 2. The third-order valence-corrected chi connectivity index (χ3v) is 9.48. The van der Waals surface area contributed by atoms with Crippen LogP contribution in [0.2, 0.25) is 0 Å². The predicted molar refractivity (Wildman–Crippen MR) is 137 cm³/mol. The summed E-state index contributed by atoms with van der Waals surface area (Å²) in [5, 5.41) is 15.2. The Kier molecular flexibility index (Phi) is 6.32. The number of nitrogens with zero attached hydrogens (tertiary/aromatic N) is 1. The molecule has 1 aliphatic carbocycles. The van der Waals surface area contributed by atoms with Crippen LogP contribution in [-0.2, 0) is 28.6 Å². The Labute approximate surface area is 216 Å². The standard InChI is InChI=1S/C27H32N2O7S/c1-26-20(24(31)28-27(26,25(32)36-26)23(30)17-9-5-4-6-10-17)15-16-35-37(33,34)22-14-8-11-18-19(22)12-7-13-21(18)29(2)3/h5,7-9,11-14,17,20,23,30H,4,6,10,15-16H2,1-3H3,(H,28,31)/t17-,20+,23+,26+,27+/m1/s1. The van der Waals surface area contributed by atoms with E-state index < -0.39 is 45.2 Å². The van der Waals surface area contributed by atoms with Crippen LogP contribution in [0.1, 0.15) is 32.6 Å². The van der Waals surface area contributed by atoms with E-state index in [0.717, 1.165) is 23.9 Å². The lowest BCUT2D eigenvalue weighted by atomic mass is 9.64. The normalized spacial score (nSPS) is 29.8. The quantitative estimate of drug-likeness (QED) is 0.305. The molecule has 0 saturated carbocycles. The molecular weight excluding hydrogens is 496 g/mol. The summed E-state index contributed by atoms with van der Waals surface area (Å²) < 4.78 is 37.2. The summed E-state index contributed by atoms with van der Waals surface area (Å²) in [5.41, 5.74) is -1.99. The van der Waals surface area contributed by atoms with Gasteiger partial charge in [0.2, 0.25) is 11.4 Å². The minimum Gasteiger partial charge on any atom is -0.453 e. The molecule has 0 spiro atoms. The van der Waals surface area contributed by atoms with E-state index in [2.05, 4.69) is 5.32 Å². The van der Waals surface area contributed by atoms with Crippen molar-refractivity contribution >= 4 is 38.5 Å². The van der Waals surface area contributed by atoms with Gasteiger partial charge in [0.15, 0.2) is 5.60 Å².